The zero-order chi connectivity index (χ0) is 34.0. The first-order chi connectivity index (χ1) is 23.0. The summed E-state index contributed by atoms with van der Waals surface area (Å²) in [6.45, 7) is 13.8. The van der Waals surface area contributed by atoms with Gasteiger partial charge in [-0.1, -0.05) is 13.8 Å². The van der Waals surface area contributed by atoms with Gasteiger partial charge in [-0.05, 0) is 104 Å². The number of nitrogens with zero attached hydrogens (tertiary/aromatic N) is 3. The molecule has 0 aromatic carbocycles. The van der Waals surface area contributed by atoms with Gasteiger partial charge < -0.3 is 44.3 Å². The molecule has 0 saturated carbocycles. The second-order valence-electron chi connectivity index (χ2n) is 16.3. The predicted octanol–water partition coefficient (Wildman–Crippen LogP) is 4.89. The Morgan fingerprint density at radius 1 is 0.771 bits per heavy atom. The highest BCUT2D eigenvalue weighted by atomic mass is 16.5. The van der Waals surface area contributed by atoms with Crippen LogP contribution in [0.1, 0.15) is 118 Å². The largest absolute Gasteiger partial charge is 0.381 e. The first-order valence-corrected chi connectivity index (χ1v) is 19.1. The Labute approximate surface area is 288 Å². The van der Waals surface area contributed by atoms with Crippen LogP contribution < -0.4 is 5.32 Å². The van der Waals surface area contributed by atoms with Crippen molar-refractivity contribution in [1.29, 1.82) is 0 Å². The van der Waals surface area contributed by atoms with Crippen molar-refractivity contribution in [3.8, 4) is 0 Å². The molecule has 6 heterocycles. The molecule has 6 fully saturated rings. The fourth-order valence-electron chi connectivity index (χ4n) is 10.1. The number of hydrogen-bond donors (Lipinski definition) is 3. The van der Waals surface area contributed by atoms with Crippen LogP contribution in [0.4, 0.5) is 4.79 Å². The van der Waals surface area contributed by atoms with Crippen molar-refractivity contribution < 1.29 is 38.9 Å². The van der Waals surface area contributed by atoms with Crippen LogP contribution in [0.5, 0.6) is 0 Å². The molecule has 6 rings (SSSR count). The van der Waals surface area contributed by atoms with Crippen LogP contribution >= 0.6 is 0 Å². The van der Waals surface area contributed by atoms with Crippen molar-refractivity contribution in [1.82, 2.24) is 20.3 Å². The standard InChI is InChI=1S/C36H64N4O8/c1-5-28(3)48-27-32(4,6-2)38(30-25-35(11-19-46-20-12-35)40(43)36(26-30)13-21-47-22-14-36)31(41)37-29-23-33(7-15-44-16-8-33)39(42)34(24-29)9-17-45-18-10-34/h28-30,42-43H,5-27H2,1-4H3,(H,37,41). The summed E-state index contributed by atoms with van der Waals surface area (Å²) in [5.74, 6) is 0. The Bertz CT molecular complexity index is 1020. The maximum atomic E-state index is 15.2. The Hall–Kier alpha value is -1.09. The molecule has 6 aliphatic rings. The van der Waals surface area contributed by atoms with E-state index in [1.54, 1.807) is 10.1 Å². The molecule has 48 heavy (non-hydrogen) atoms. The molecule has 4 spiro atoms. The van der Waals surface area contributed by atoms with E-state index in [9.17, 15) is 10.4 Å². The van der Waals surface area contributed by atoms with Gasteiger partial charge in [-0.2, -0.15) is 10.1 Å². The molecular weight excluding hydrogens is 616 g/mol. The summed E-state index contributed by atoms with van der Waals surface area (Å²) in [5.41, 5.74) is -2.39. The molecule has 0 aromatic heterocycles. The van der Waals surface area contributed by atoms with E-state index in [-0.39, 0.29) is 24.2 Å². The molecule has 2 atom stereocenters. The van der Waals surface area contributed by atoms with Crippen molar-refractivity contribution in [3.63, 3.8) is 0 Å². The number of urea groups is 1. The molecule has 12 heteroatoms. The SMILES string of the molecule is CCC(C)OCC(C)(CC)N(C(=O)NC1CC2(CCOCC2)N(O)C2(CCOCC2)C1)C1CC2(CCOCC2)N(O)C2(CCOCC2)C1. The number of hydrogen-bond acceptors (Lipinski definition) is 10. The number of rotatable bonds is 8. The first kappa shape index (κ1) is 36.7. The van der Waals surface area contributed by atoms with E-state index in [2.05, 4.69) is 37.9 Å². The highest BCUT2D eigenvalue weighted by Gasteiger charge is 2.59. The van der Waals surface area contributed by atoms with Gasteiger partial charge in [0.15, 0.2) is 0 Å². The third kappa shape index (κ3) is 6.91. The Balaban J connectivity index is 1.34. The van der Waals surface area contributed by atoms with Gasteiger partial charge in [-0.3, -0.25) is 0 Å². The molecule has 12 nitrogen and oxygen atoms in total. The number of nitrogens with one attached hydrogen (secondary N) is 1. The average molecular weight is 681 g/mol. The molecular formula is C36H64N4O8. The van der Waals surface area contributed by atoms with Crippen LogP contribution in [0, 0.1) is 0 Å². The van der Waals surface area contributed by atoms with Crippen molar-refractivity contribution in [2.75, 3.05) is 59.5 Å². The van der Waals surface area contributed by atoms with Crippen molar-refractivity contribution in [2.24, 2.45) is 0 Å². The second-order valence-corrected chi connectivity index (χ2v) is 16.3. The minimum Gasteiger partial charge on any atom is -0.381 e. The summed E-state index contributed by atoms with van der Waals surface area (Å²) in [4.78, 5) is 17.3. The third-order valence-electron chi connectivity index (χ3n) is 13.5. The van der Waals surface area contributed by atoms with Crippen LogP contribution in [-0.4, -0.2) is 137 Å². The molecule has 3 N–H and O–H groups in total. The highest BCUT2D eigenvalue weighted by molar-refractivity contribution is 5.76. The molecule has 2 unspecified atom stereocenters. The fraction of sp³-hybridized carbons (Fsp3) is 0.972. The molecule has 6 aliphatic heterocycles. The summed E-state index contributed by atoms with van der Waals surface area (Å²) < 4.78 is 29.7. The summed E-state index contributed by atoms with van der Waals surface area (Å²) in [7, 11) is 0. The normalized spacial score (nSPS) is 32.2. The number of hydroxylamine groups is 4. The molecule has 6 saturated heterocycles. The van der Waals surface area contributed by atoms with Gasteiger partial charge in [0, 0.05) is 64.9 Å². The van der Waals surface area contributed by atoms with E-state index in [0.717, 1.165) is 64.2 Å². The van der Waals surface area contributed by atoms with E-state index < -0.39 is 27.7 Å². The lowest BCUT2D eigenvalue weighted by Gasteiger charge is -2.62. The highest BCUT2D eigenvalue weighted by Crippen LogP contribution is 2.50. The van der Waals surface area contributed by atoms with Crippen molar-refractivity contribution in [2.45, 2.75) is 163 Å². The minimum absolute atomic E-state index is 0.0614. The van der Waals surface area contributed by atoms with Crippen LogP contribution in [0.25, 0.3) is 0 Å². The first-order valence-electron chi connectivity index (χ1n) is 19.1. The molecule has 0 bridgehead atoms. The van der Waals surface area contributed by atoms with Gasteiger partial charge in [0.1, 0.15) is 0 Å². The number of ether oxygens (including phenoxy) is 5. The van der Waals surface area contributed by atoms with Crippen LogP contribution in [-0.2, 0) is 23.7 Å². The Morgan fingerprint density at radius 3 is 1.50 bits per heavy atom. The number of carbonyl (C=O) groups excluding carboxylic acids is 1. The fourth-order valence-corrected chi connectivity index (χ4v) is 10.1. The lowest BCUT2D eigenvalue weighted by molar-refractivity contribution is -0.300. The summed E-state index contributed by atoms with van der Waals surface area (Å²) >= 11 is 0. The molecule has 2 amide bonds. The maximum Gasteiger partial charge on any atom is 0.318 e. The second kappa shape index (κ2) is 14.9. The van der Waals surface area contributed by atoms with Gasteiger partial charge in [-0.15, -0.1) is 0 Å². The molecule has 0 radical (unpaired) electrons. The van der Waals surface area contributed by atoms with E-state index in [0.29, 0.717) is 85.1 Å². The summed E-state index contributed by atoms with van der Waals surface area (Å²) in [6, 6.07) is -0.279. The van der Waals surface area contributed by atoms with Crippen LogP contribution in [0.15, 0.2) is 0 Å². The number of amides is 2. The van der Waals surface area contributed by atoms with E-state index >= 15 is 4.79 Å². The molecule has 276 valence electrons. The smallest absolute Gasteiger partial charge is 0.318 e. The minimum atomic E-state index is -0.571. The average Bonchev–Trinajstić information content (AvgIpc) is 3.10. The lowest BCUT2D eigenvalue weighted by Crippen LogP contribution is -2.73. The molecule has 0 aliphatic carbocycles. The van der Waals surface area contributed by atoms with Crippen LogP contribution in [0.2, 0.25) is 0 Å². The number of piperidine rings is 2. The summed E-state index contributed by atoms with van der Waals surface area (Å²) in [6.07, 6.45) is 10.3. The predicted molar refractivity (Wildman–Crippen MR) is 179 cm³/mol. The van der Waals surface area contributed by atoms with Gasteiger partial charge >= 0.3 is 6.03 Å². The lowest BCUT2D eigenvalue weighted by atomic mass is 9.68. The monoisotopic (exact) mass is 680 g/mol. The quantitative estimate of drug-likeness (QED) is 0.327. The van der Waals surface area contributed by atoms with Crippen molar-refractivity contribution >= 4 is 6.03 Å². The summed E-state index contributed by atoms with van der Waals surface area (Å²) in [5, 5.41) is 30.9. The molecule has 0 aromatic rings. The van der Waals surface area contributed by atoms with E-state index in [1.807, 2.05) is 0 Å². The van der Waals surface area contributed by atoms with Crippen LogP contribution in [0.3, 0.4) is 0 Å². The van der Waals surface area contributed by atoms with E-state index in [4.69, 9.17) is 23.7 Å². The van der Waals surface area contributed by atoms with Gasteiger partial charge in [0.05, 0.1) is 40.4 Å². The van der Waals surface area contributed by atoms with Crippen molar-refractivity contribution in [3.05, 3.63) is 0 Å². The van der Waals surface area contributed by atoms with Gasteiger partial charge in [-0.25, -0.2) is 4.79 Å². The topological polar surface area (TPSA) is 125 Å². The zero-order valence-corrected chi connectivity index (χ0v) is 30.2. The van der Waals surface area contributed by atoms with Gasteiger partial charge in [0.25, 0.3) is 0 Å². The van der Waals surface area contributed by atoms with Gasteiger partial charge in [0.2, 0.25) is 0 Å². The Morgan fingerprint density at radius 2 is 1.15 bits per heavy atom. The zero-order valence-electron chi connectivity index (χ0n) is 30.2. The Kier molecular flexibility index (Phi) is 11.4. The number of carbonyl (C=O) groups is 1. The van der Waals surface area contributed by atoms with E-state index in [1.165, 1.54) is 0 Å². The third-order valence-corrected chi connectivity index (χ3v) is 13.5. The maximum absolute atomic E-state index is 15.2.